The molecule has 1 aromatic carbocycles. The number of aromatic nitrogens is 2. The van der Waals surface area contributed by atoms with Gasteiger partial charge >= 0.3 is 0 Å². The smallest absolute Gasteiger partial charge is 0.137 e. The Kier molecular flexibility index (Phi) is 6.07. The molecule has 0 aliphatic carbocycles. The number of benzene rings is 1. The van der Waals surface area contributed by atoms with Crippen LogP contribution in [-0.2, 0) is 6.42 Å². The molecular formula is C26H34N4. The number of aryl methyl sites for hydroxylation is 2. The SMILES string of the molecule is Cc1ccc(C)n1-c1cccc(-c2ccc(CCN3C(C)CC(N)CC3C)cc2)n1. The van der Waals surface area contributed by atoms with Gasteiger partial charge in [-0.05, 0) is 76.8 Å². The normalized spacial score (nSPS) is 22.4. The zero-order valence-corrected chi connectivity index (χ0v) is 18.7. The molecule has 2 unspecified atom stereocenters. The van der Waals surface area contributed by atoms with Crippen molar-refractivity contribution in [3.8, 4) is 17.1 Å². The first-order valence-corrected chi connectivity index (χ1v) is 11.2. The van der Waals surface area contributed by atoms with E-state index in [4.69, 9.17) is 10.7 Å². The van der Waals surface area contributed by atoms with Crippen LogP contribution in [0.4, 0.5) is 0 Å². The number of hydrogen-bond donors (Lipinski definition) is 1. The quantitative estimate of drug-likeness (QED) is 0.660. The highest BCUT2D eigenvalue weighted by Crippen LogP contribution is 2.24. The van der Waals surface area contributed by atoms with Crippen LogP contribution in [0.25, 0.3) is 17.1 Å². The monoisotopic (exact) mass is 402 g/mol. The maximum absolute atomic E-state index is 6.18. The number of nitrogens with zero attached hydrogens (tertiary/aromatic N) is 3. The van der Waals surface area contributed by atoms with Crippen molar-refractivity contribution >= 4 is 0 Å². The second-order valence-corrected chi connectivity index (χ2v) is 8.95. The van der Waals surface area contributed by atoms with E-state index in [2.05, 4.69) is 91.8 Å². The summed E-state index contributed by atoms with van der Waals surface area (Å²) in [6, 6.07) is 20.9. The largest absolute Gasteiger partial charge is 0.328 e. The summed E-state index contributed by atoms with van der Waals surface area (Å²) in [4.78, 5) is 7.54. The first-order valence-electron chi connectivity index (χ1n) is 11.2. The molecule has 4 heteroatoms. The molecule has 2 aromatic heterocycles. The minimum atomic E-state index is 0.355. The second-order valence-electron chi connectivity index (χ2n) is 8.95. The van der Waals surface area contributed by atoms with Crippen molar-refractivity contribution in [2.24, 2.45) is 5.73 Å². The fourth-order valence-electron chi connectivity index (χ4n) is 4.96. The molecule has 3 heterocycles. The van der Waals surface area contributed by atoms with Gasteiger partial charge in [-0.1, -0.05) is 30.3 Å². The molecule has 158 valence electrons. The van der Waals surface area contributed by atoms with Crippen LogP contribution >= 0.6 is 0 Å². The van der Waals surface area contributed by atoms with Crippen LogP contribution in [-0.4, -0.2) is 39.1 Å². The fraction of sp³-hybridized carbons (Fsp3) is 0.423. The Morgan fingerprint density at radius 1 is 0.900 bits per heavy atom. The number of hydrogen-bond acceptors (Lipinski definition) is 3. The predicted octanol–water partition coefficient (Wildman–Crippen LogP) is 4.90. The summed E-state index contributed by atoms with van der Waals surface area (Å²) in [6.45, 7) is 9.95. The van der Waals surface area contributed by atoms with Gasteiger partial charge in [-0.25, -0.2) is 4.98 Å². The standard InChI is InChI=1S/C26H34N4/c1-18-8-9-19(2)30(18)26-7-5-6-25(28-26)23-12-10-22(11-13-23)14-15-29-20(3)16-24(27)17-21(29)4/h5-13,20-21,24H,14-17,27H2,1-4H3. The molecule has 1 fully saturated rings. The van der Waals surface area contributed by atoms with Crippen LogP contribution in [0.15, 0.2) is 54.6 Å². The Balaban J connectivity index is 1.46. The van der Waals surface area contributed by atoms with Gasteiger partial charge in [0.2, 0.25) is 0 Å². The van der Waals surface area contributed by atoms with Crippen LogP contribution < -0.4 is 5.73 Å². The van der Waals surface area contributed by atoms with E-state index in [1.165, 1.54) is 17.0 Å². The van der Waals surface area contributed by atoms with Crippen molar-refractivity contribution in [3.05, 3.63) is 71.5 Å². The van der Waals surface area contributed by atoms with Gasteiger partial charge in [0.25, 0.3) is 0 Å². The zero-order chi connectivity index (χ0) is 21.3. The molecule has 2 N–H and O–H groups in total. The molecule has 0 radical (unpaired) electrons. The van der Waals surface area contributed by atoms with Crippen LogP contribution in [0.3, 0.4) is 0 Å². The van der Waals surface area contributed by atoms with E-state index in [0.717, 1.165) is 42.9 Å². The summed E-state index contributed by atoms with van der Waals surface area (Å²) in [5, 5.41) is 0. The van der Waals surface area contributed by atoms with E-state index in [1.807, 2.05) is 0 Å². The van der Waals surface area contributed by atoms with Gasteiger partial charge in [-0.2, -0.15) is 0 Å². The Hall–Kier alpha value is -2.43. The van der Waals surface area contributed by atoms with E-state index in [1.54, 1.807) is 0 Å². The maximum Gasteiger partial charge on any atom is 0.137 e. The molecule has 2 atom stereocenters. The van der Waals surface area contributed by atoms with Crippen LogP contribution in [0, 0.1) is 13.8 Å². The number of likely N-dealkylation sites (tertiary alicyclic amines) is 1. The molecule has 0 spiro atoms. The summed E-state index contributed by atoms with van der Waals surface area (Å²) in [5.41, 5.74) is 12.1. The third kappa shape index (κ3) is 4.35. The van der Waals surface area contributed by atoms with Gasteiger partial charge in [0.15, 0.2) is 0 Å². The van der Waals surface area contributed by atoms with Crippen molar-refractivity contribution in [3.63, 3.8) is 0 Å². The third-order valence-electron chi connectivity index (χ3n) is 6.56. The summed E-state index contributed by atoms with van der Waals surface area (Å²) < 4.78 is 2.20. The van der Waals surface area contributed by atoms with Gasteiger partial charge in [-0.15, -0.1) is 0 Å². The van der Waals surface area contributed by atoms with E-state index < -0.39 is 0 Å². The molecule has 3 aromatic rings. The topological polar surface area (TPSA) is 47.1 Å². The number of piperidine rings is 1. The maximum atomic E-state index is 6.18. The highest BCUT2D eigenvalue weighted by molar-refractivity contribution is 5.60. The molecule has 0 saturated carbocycles. The highest BCUT2D eigenvalue weighted by atomic mass is 15.2. The number of nitrogens with two attached hydrogens (primary N) is 1. The Morgan fingerprint density at radius 3 is 2.17 bits per heavy atom. The van der Waals surface area contributed by atoms with Crippen LogP contribution in [0.5, 0.6) is 0 Å². The summed E-state index contributed by atoms with van der Waals surface area (Å²) in [7, 11) is 0. The van der Waals surface area contributed by atoms with E-state index in [0.29, 0.717) is 18.1 Å². The lowest BCUT2D eigenvalue weighted by Gasteiger charge is -2.41. The van der Waals surface area contributed by atoms with Gasteiger partial charge in [0, 0.05) is 41.6 Å². The van der Waals surface area contributed by atoms with E-state index in [-0.39, 0.29) is 0 Å². The van der Waals surface area contributed by atoms with E-state index in [9.17, 15) is 0 Å². The predicted molar refractivity (Wildman–Crippen MR) is 125 cm³/mol. The molecular weight excluding hydrogens is 368 g/mol. The highest BCUT2D eigenvalue weighted by Gasteiger charge is 2.28. The Bertz CT molecular complexity index is 957. The molecule has 1 aliphatic rings. The summed E-state index contributed by atoms with van der Waals surface area (Å²) >= 11 is 0. The Morgan fingerprint density at radius 2 is 1.53 bits per heavy atom. The minimum absolute atomic E-state index is 0.355. The van der Waals surface area contributed by atoms with Crippen molar-refractivity contribution in [1.82, 2.24) is 14.5 Å². The van der Waals surface area contributed by atoms with Crippen molar-refractivity contribution in [1.29, 1.82) is 0 Å². The van der Waals surface area contributed by atoms with Gasteiger partial charge in [-0.3, -0.25) is 4.90 Å². The average Bonchev–Trinajstić information content (AvgIpc) is 3.06. The third-order valence-corrected chi connectivity index (χ3v) is 6.56. The van der Waals surface area contributed by atoms with E-state index >= 15 is 0 Å². The minimum Gasteiger partial charge on any atom is -0.328 e. The molecule has 0 bridgehead atoms. The Labute approximate surface area is 180 Å². The molecule has 4 nitrogen and oxygen atoms in total. The lowest BCUT2D eigenvalue weighted by atomic mass is 9.93. The van der Waals surface area contributed by atoms with Gasteiger partial charge in [0.05, 0.1) is 5.69 Å². The average molecular weight is 403 g/mol. The lowest BCUT2D eigenvalue weighted by molar-refractivity contribution is 0.0936. The first kappa shape index (κ1) is 20.8. The lowest BCUT2D eigenvalue weighted by Crippen LogP contribution is -2.51. The van der Waals surface area contributed by atoms with Crippen molar-refractivity contribution < 1.29 is 0 Å². The summed E-state index contributed by atoms with van der Waals surface area (Å²) in [5.74, 6) is 0.975. The number of pyridine rings is 1. The molecule has 0 amide bonds. The summed E-state index contributed by atoms with van der Waals surface area (Å²) in [6.07, 6.45) is 3.27. The van der Waals surface area contributed by atoms with Crippen LogP contribution in [0.1, 0.15) is 43.6 Å². The molecule has 30 heavy (non-hydrogen) atoms. The van der Waals surface area contributed by atoms with Gasteiger partial charge < -0.3 is 10.3 Å². The molecule has 1 aliphatic heterocycles. The zero-order valence-electron chi connectivity index (χ0n) is 18.7. The fourth-order valence-corrected chi connectivity index (χ4v) is 4.96. The molecule has 1 saturated heterocycles. The number of rotatable bonds is 5. The first-order chi connectivity index (χ1) is 14.4. The van der Waals surface area contributed by atoms with Crippen LogP contribution in [0.2, 0.25) is 0 Å². The van der Waals surface area contributed by atoms with Gasteiger partial charge in [0.1, 0.15) is 5.82 Å². The van der Waals surface area contributed by atoms with Crippen molar-refractivity contribution in [2.75, 3.05) is 6.54 Å². The molecule has 4 rings (SSSR count). The van der Waals surface area contributed by atoms with Crippen molar-refractivity contribution in [2.45, 2.75) is 65.1 Å². The second kappa shape index (κ2) is 8.75.